The molecule has 14 heteroatoms. The molecule has 5 heterocycles. The normalized spacial score (nSPS) is 19.0. The average Bonchev–Trinajstić information content (AvgIpc) is 3.28. The zero-order valence-electron chi connectivity index (χ0n) is 17.9. The lowest BCUT2D eigenvalue weighted by Crippen LogP contribution is -2.47. The summed E-state index contributed by atoms with van der Waals surface area (Å²) >= 11 is 5.92. The van der Waals surface area contributed by atoms with Gasteiger partial charge in [0.2, 0.25) is 17.8 Å². The minimum absolute atomic E-state index is 0.114. The topological polar surface area (TPSA) is 148 Å². The summed E-state index contributed by atoms with van der Waals surface area (Å²) in [6.45, 7) is 5.96. The lowest BCUT2D eigenvalue weighted by Gasteiger charge is -2.34. The number of hydrogen-bond acceptors (Lipinski definition) is 12. The van der Waals surface area contributed by atoms with Crippen LogP contribution in [-0.2, 0) is 11.3 Å². The largest absolute Gasteiger partial charge is 0.382 e. The number of ether oxygens (including phenoxy) is 1. The predicted octanol–water partition coefficient (Wildman–Crippen LogP) is 0.152. The van der Waals surface area contributed by atoms with E-state index in [4.69, 9.17) is 22.1 Å². The molecule has 2 saturated heterocycles. The zero-order chi connectivity index (χ0) is 22.6. The van der Waals surface area contributed by atoms with Gasteiger partial charge in [0.15, 0.2) is 0 Å². The molecule has 2 aliphatic rings. The van der Waals surface area contributed by atoms with E-state index in [1.165, 1.54) is 12.5 Å². The molecule has 0 aromatic carbocycles. The Morgan fingerprint density at radius 2 is 1.88 bits per heavy atom. The molecule has 0 spiro atoms. The van der Waals surface area contributed by atoms with E-state index in [2.05, 4.69) is 50.5 Å². The SMILES string of the molecule is Nc1nc(N2CCN(c3ncnc(Nc4cnn(CC5CNCCO5)c4)n3)CC2)ncc1Cl. The van der Waals surface area contributed by atoms with Crippen molar-refractivity contribution in [2.45, 2.75) is 12.6 Å². The van der Waals surface area contributed by atoms with Crippen molar-refractivity contribution < 1.29 is 4.74 Å². The highest BCUT2D eigenvalue weighted by Crippen LogP contribution is 2.20. The van der Waals surface area contributed by atoms with Crippen LogP contribution in [0.2, 0.25) is 5.02 Å². The first-order valence-corrected chi connectivity index (χ1v) is 11.1. The van der Waals surface area contributed by atoms with Crippen LogP contribution < -0.4 is 26.2 Å². The van der Waals surface area contributed by atoms with Gasteiger partial charge in [-0.15, -0.1) is 0 Å². The van der Waals surface area contributed by atoms with Crippen molar-refractivity contribution in [2.24, 2.45) is 0 Å². The first-order chi connectivity index (χ1) is 16.1. The summed E-state index contributed by atoms with van der Waals surface area (Å²) in [4.78, 5) is 25.9. The summed E-state index contributed by atoms with van der Waals surface area (Å²) in [5.41, 5.74) is 6.61. The van der Waals surface area contributed by atoms with Crippen LogP contribution in [0.3, 0.4) is 0 Å². The molecule has 2 aliphatic heterocycles. The Labute approximate surface area is 195 Å². The highest BCUT2D eigenvalue weighted by Gasteiger charge is 2.22. The lowest BCUT2D eigenvalue weighted by molar-refractivity contribution is 0.0161. The third-order valence-corrected chi connectivity index (χ3v) is 5.74. The van der Waals surface area contributed by atoms with Crippen molar-refractivity contribution in [2.75, 3.05) is 66.7 Å². The van der Waals surface area contributed by atoms with Gasteiger partial charge in [0, 0.05) is 45.5 Å². The van der Waals surface area contributed by atoms with Crippen LogP contribution >= 0.6 is 11.6 Å². The first kappa shape index (κ1) is 21.6. The molecule has 5 rings (SSSR count). The van der Waals surface area contributed by atoms with E-state index in [0.717, 1.165) is 25.4 Å². The van der Waals surface area contributed by atoms with Crippen molar-refractivity contribution in [1.29, 1.82) is 0 Å². The number of nitrogens with one attached hydrogen (secondary N) is 2. The average molecular weight is 473 g/mol. The second-order valence-electron chi connectivity index (χ2n) is 7.76. The van der Waals surface area contributed by atoms with Gasteiger partial charge in [0.1, 0.15) is 17.2 Å². The molecule has 3 aromatic rings. The quantitative estimate of drug-likeness (QED) is 0.448. The molecule has 0 amide bonds. The van der Waals surface area contributed by atoms with Gasteiger partial charge in [-0.1, -0.05) is 11.6 Å². The molecule has 0 radical (unpaired) electrons. The number of rotatable bonds is 6. The summed E-state index contributed by atoms with van der Waals surface area (Å²) in [5, 5.41) is 11.3. The summed E-state index contributed by atoms with van der Waals surface area (Å²) in [5.74, 6) is 1.92. The number of morpholine rings is 1. The minimum Gasteiger partial charge on any atom is -0.382 e. The molecule has 1 atom stereocenters. The number of nitrogen functional groups attached to an aromatic ring is 1. The lowest BCUT2D eigenvalue weighted by atomic mass is 10.3. The molecule has 174 valence electrons. The van der Waals surface area contributed by atoms with E-state index < -0.39 is 0 Å². The third-order valence-electron chi connectivity index (χ3n) is 5.45. The van der Waals surface area contributed by atoms with Crippen molar-refractivity contribution in [1.82, 2.24) is 40.0 Å². The van der Waals surface area contributed by atoms with Crippen molar-refractivity contribution in [3.05, 3.63) is 29.9 Å². The smallest absolute Gasteiger partial charge is 0.232 e. The van der Waals surface area contributed by atoms with Crippen molar-refractivity contribution >= 4 is 41.0 Å². The Morgan fingerprint density at radius 1 is 1.09 bits per heavy atom. The van der Waals surface area contributed by atoms with E-state index in [0.29, 0.717) is 55.6 Å². The number of nitrogens with two attached hydrogens (primary N) is 1. The fourth-order valence-electron chi connectivity index (χ4n) is 3.73. The molecule has 2 fully saturated rings. The maximum absolute atomic E-state index is 5.92. The van der Waals surface area contributed by atoms with E-state index >= 15 is 0 Å². The van der Waals surface area contributed by atoms with Gasteiger partial charge in [0.25, 0.3) is 0 Å². The van der Waals surface area contributed by atoms with Gasteiger partial charge in [-0.3, -0.25) is 4.68 Å². The predicted molar refractivity (Wildman–Crippen MR) is 124 cm³/mol. The molecule has 33 heavy (non-hydrogen) atoms. The summed E-state index contributed by atoms with van der Waals surface area (Å²) in [6, 6.07) is 0. The molecule has 4 N–H and O–H groups in total. The van der Waals surface area contributed by atoms with E-state index in [-0.39, 0.29) is 11.9 Å². The van der Waals surface area contributed by atoms with E-state index in [1.807, 2.05) is 10.9 Å². The molecule has 0 saturated carbocycles. The monoisotopic (exact) mass is 472 g/mol. The Hall–Kier alpha value is -3.29. The highest BCUT2D eigenvalue weighted by atomic mass is 35.5. The summed E-state index contributed by atoms with van der Waals surface area (Å²) < 4.78 is 7.59. The maximum Gasteiger partial charge on any atom is 0.232 e. The highest BCUT2D eigenvalue weighted by molar-refractivity contribution is 6.32. The van der Waals surface area contributed by atoms with Gasteiger partial charge < -0.3 is 30.9 Å². The van der Waals surface area contributed by atoms with Crippen LogP contribution in [0.5, 0.6) is 0 Å². The van der Waals surface area contributed by atoms with Crippen molar-refractivity contribution in [3.63, 3.8) is 0 Å². The number of halogens is 1. The van der Waals surface area contributed by atoms with E-state index in [1.54, 1.807) is 6.20 Å². The molecule has 0 bridgehead atoms. The number of nitrogens with zero attached hydrogens (tertiary/aromatic N) is 9. The molecule has 3 aromatic heterocycles. The van der Waals surface area contributed by atoms with Gasteiger partial charge in [0.05, 0.1) is 37.3 Å². The molecule has 0 aliphatic carbocycles. The number of anilines is 5. The summed E-state index contributed by atoms with van der Waals surface area (Å²) in [6.07, 6.45) is 6.81. The molecule has 1 unspecified atom stereocenters. The third kappa shape index (κ3) is 5.21. The number of piperazine rings is 1. The Morgan fingerprint density at radius 3 is 2.61 bits per heavy atom. The Bertz CT molecular complexity index is 1080. The van der Waals surface area contributed by atoms with Gasteiger partial charge >= 0.3 is 0 Å². The standard InChI is InChI=1S/C19H25ClN12O/c20-15-9-23-18(28-16(15)21)30-2-4-31(5-3-30)19-25-12-24-17(29-19)27-13-7-26-32(10-13)11-14-8-22-1-6-33-14/h7,9-10,12,14,22H,1-6,8,11H2,(H2,21,23,28)(H,24,25,27,29). The fourth-order valence-corrected chi connectivity index (χ4v) is 3.82. The first-order valence-electron chi connectivity index (χ1n) is 10.7. The Balaban J connectivity index is 1.18. The van der Waals surface area contributed by atoms with E-state index in [9.17, 15) is 0 Å². The Kier molecular flexibility index (Phi) is 6.32. The van der Waals surface area contributed by atoms with Crippen LogP contribution in [0.4, 0.5) is 29.4 Å². The minimum atomic E-state index is 0.114. The second-order valence-corrected chi connectivity index (χ2v) is 8.17. The van der Waals surface area contributed by atoms with Crippen LogP contribution in [-0.4, -0.2) is 86.7 Å². The van der Waals surface area contributed by atoms with Crippen LogP contribution in [0, 0.1) is 0 Å². The van der Waals surface area contributed by atoms with Crippen LogP contribution in [0.15, 0.2) is 24.9 Å². The van der Waals surface area contributed by atoms with Gasteiger partial charge in [-0.05, 0) is 0 Å². The fraction of sp³-hybridized carbons (Fsp3) is 0.474. The van der Waals surface area contributed by atoms with Crippen molar-refractivity contribution in [3.8, 4) is 0 Å². The van der Waals surface area contributed by atoms with Crippen LogP contribution in [0.1, 0.15) is 0 Å². The molecule has 13 nitrogen and oxygen atoms in total. The van der Waals surface area contributed by atoms with Crippen LogP contribution in [0.25, 0.3) is 0 Å². The second kappa shape index (κ2) is 9.68. The molecular formula is C19H25ClN12O. The summed E-state index contributed by atoms with van der Waals surface area (Å²) in [7, 11) is 0. The zero-order valence-corrected chi connectivity index (χ0v) is 18.7. The number of aromatic nitrogens is 7. The van der Waals surface area contributed by atoms with Gasteiger partial charge in [-0.2, -0.15) is 15.1 Å². The van der Waals surface area contributed by atoms with Gasteiger partial charge in [-0.25, -0.2) is 15.0 Å². The molecular weight excluding hydrogens is 448 g/mol. The maximum atomic E-state index is 5.92. The number of hydrogen-bond donors (Lipinski definition) is 3.